The van der Waals surface area contributed by atoms with Gasteiger partial charge in [0, 0.05) is 10.4 Å². The van der Waals surface area contributed by atoms with Crippen LogP contribution in [0.2, 0.25) is 0 Å². The third-order valence-corrected chi connectivity index (χ3v) is 6.33. The van der Waals surface area contributed by atoms with Crippen molar-refractivity contribution >= 4 is 40.4 Å². The normalized spacial score (nSPS) is 23.2. The molecule has 0 bridgehead atoms. The number of fused-ring (bicyclic) bond motifs is 2. The van der Waals surface area contributed by atoms with Gasteiger partial charge in [0.1, 0.15) is 5.54 Å². The van der Waals surface area contributed by atoms with Gasteiger partial charge in [-0.15, -0.1) is 22.7 Å². The van der Waals surface area contributed by atoms with E-state index in [2.05, 4.69) is 5.32 Å². The van der Waals surface area contributed by atoms with Crippen LogP contribution in [0.3, 0.4) is 0 Å². The monoisotopic (exact) mass is 346 g/mol. The van der Waals surface area contributed by atoms with Crippen LogP contribution in [0.1, 0.15) is 33.0 Å². The van der Waals surface area contributed by atoms with Crippen LogP contribution in [-0.2, 0) is 16.8 Å². The minimum absolute atomic E-state index is 0.202. The van der Waals surface area contributed by atoms with Crippen LogP contribution in [0.15, 0.2) is 29.0 Å². The largest absolute Gasteiger partial charge is 0.325 e. The molecule has 1 aliphatic heterocycles. The number of urea groups is 1. The molecule has 0 radical (unpaired) electrons. The van der Waals surface area contributed by atoms with E-state index in [1.165, 1.54) is 11.3 Å². The van der Waals surface area contributed by atoms with Gasteiger partial charge in [-0.05, 0) is 42.2 Å². The molecule has 1 aliphatic carbocycles. The standard InChI is InChI=1S/C16H14N2O3S2/c19-11(13-4-2-7-22-13)9-18-14(20)16(17-15(18)21)6-1-3-12-10(16)5-8-23-12/h2,4-5,7-8H,1,3,6,9H2,(H,17,21)/t16-/m0/s1. The zero-order valence-corrected chi connectivity index (χ0v) is 13.8. The van der Waals surface area contributed by atoms with Crippen molar-refractivity contribution < 1.29 is 14.4 Å². The maximum atomic E-state index is 13.0. The number of carbonyl (C=O) groups is 3. The predicted molar refractivity (Wildman–Crippen MR) is 87.8 cm³/mol. The molecule has 0 saturated carbocycles. The van der Waals surface area contributed by atoms with E-state index in [4.69, 9.17) is 0 Å². The number of nitrogens with zero attached hydrogens (tertiary/aromatic N) is 1. The number of carbonyl (C=O) groups excluding carboxylic acids is 3. The molecule has 1 fully saturated rings. The van der Waals surface area contributed by atoms with Gasteiger partial charge in [0.15, 0.2) is 5.78 Å². The molecule has 118 valence electrons. The fourth-order valence-corrected chi connectivity index (χ4v) is 5.00. The van der Waals surface area contributed by atoms with E-state index in [-0.39, 0.29) is 18.2 Å². The maximum absolute atomic E-state index is 13.0. The predicted octanol–water partition coefficient (Wildman–Crippen LogP) is 2.78. The van der Waals surface area contributed by atoms with Gasteiger partial charge in [0.05, 0.1) is 11.4 Å². The van der Waals surface area contributed by atoms with Crippen molar-refractivity contribution in [1.82, 2.24) is 10.2 Å². The first-order valence-corrected chi connectivity index (χ1v) is 9.15. The number of Topliss-reactive ketones (excluding diaryl/α,β-unsaturated/α-hetero) is 1. The summed E-state index contributed by atoms with van der Waals surface area (Å²) in [6.07, 6.45) is 2.38. The maximum Gasteiger partial charge on any atom is 0.325 e. The Morgan fingerprint density at radius 1 is 1.26 bits per heavy atom. The molecule has 23 heavy (non-hydrogen) atoms. The molecule has 1 N–H and O–H groups in total. The van der Waals surface area contributed by atoms with Crippen LogP contribution in [0.25, 0.3) is 0 Å². The lowest BCUT2D eigenvalue weighted by Gasteiger charge is -2.31. The summed E-state index contributed by atoms with van der Waals surface area (Å²) in [6, 6.07) is 4.93. The molecular weight excluding hydrogens is 332 g/mol. The summed E-state index contributed by atoms with van der Waals surface area (Å²) in [5, 5.41) is 6.62. The van der Waals surface area contributed by atoms with E-state index < -0.39 is 11.6 Å². The fraction of sp³-hybridized carbons (Fsp3) is 0.312. The number of nitrogens with one attached hydrogen (secondary N) is 1. The fourth-order valence-electron chi connectivity index (χ4n) is 3.34. The van der Waals surface area contributed by atoms with Gasteiger partial charge in [-0.1, -0.05) is 6.07 Å². The van der Waals surface area contributed by atoms with Crippen molar-refractivity contribution in [2.45, 2.75) is 24.8 Å². The smallest absolute Gasteiger partial charge is 0.319 e. The summed E-state index contributed by atoms with van der Waals surface area (Å²) in [5.74, 6) is -0.506. The Balaban J connectivity index is 1.64. The van der Waals surface area contributed by atoms with E-state index in [1.807, 2.05) is 11.4 Å². The van der Waals surface area contributed by atoms with Crippen molar-refractivity contribution in [1.29, 1.82) is 0 Å². The summed E-state index contributed by atoms with van der Waals surface area (Å²) in [5.41, 5.74) is -0.0707. The van der Waals surface area contributed by atoms with Crippen LogP contribution in [0, 0.1) is 0 Å². The lowest BCUT2D eigenvalue weighted by Crippen LogP contribution is -2.46. The van der Waals surface area contributed by atoms with Gasteiger partial charge in [-0.2, -0.15) is 0 Å². The molecule has 2 aliphatic rings. The first-order chi connectivity index (χ1) is 11.1. The van der Waals surface area contributed by atoms with Gasteiger partial charge < -0.3 is 5.32 Å². The Labute approximate surface area is 140 Å². The lowest BCUT2D eigenvalue weighted by atomic mass is 9.80. The second-order valence-electron chi connectivity index (χ2n) is 5.74. The lowest BCUT2D eigenvalue weighted by molar-refractivity contribution is -0.131. The van der Waals surface area contributed by atoms with Gasteiger partial charge in [0.2, 0.25) is 0 Å². The van der Waals surface area contributed by atoms with Crippen molar-refractivity contribution in [3.05, 3.63) is 44.3 Å². The molecule has 7 heteroatoms. The summed E-state index contributed by atoms with van der Waals surface area (Å²) in [7, 11) is 0. The number of hydrogen-bond donors (Lipinski definition) is 1. The number of ketones is 1. The molecule has 1 saturated heterocycles. The van der Waals surface area contributed by atoms with Crippen LogP contribution >= 0.6 is 22.7 Å². The van der Waals surface area contributed by atoms with Gasteiger partial charge in [-0.3, -0.25) is 14.5 Å². The van der Waals surface area contributed by atoms with E-state index in [9.17, 15) is 14.4 Å². The van der Waals surface area contributed by atoms with E-state index in [0.717, 1.165) is 28.2 Å². The van der Waals surface area contributed by atoms with E-state index >= 15 is 0 Å². The Kier molecular flexibility index (Phi) is 3.35. The highest BCUT2D eigenvalue weighted by Gasteiger charge is 2.54. The number of hydrogen-bond acceptors (Lipinski definition) is 5. The molecule has 1 atom stereocenters. The number of rotatable bonds is 3. The first kappa shape index (κ1) is 14.6. The average Bonchev–Trinajstić information content (AvgIpc) is 3.25. The van der Waals surface area contributed by atoms with E-state index in [0.29, 0.717) is 11.3 Å². The average molecular weight is 346 g/mol. The topological polar surface area (TPSA) is 66.5 Å². The highest BCUT2D eigenvalue weighted by Crippen LogP contribution is 2.42. The second-order valence-corrected chi connectivity index (χ2v) is 7.69. The molecule has 3 amide bonds. The Bertz CT molecular complexity index is 796. The SMILES string of the molecule is O=C(CN1C(=O)N[C@]2(CCCc3sccc32)C1=O)c1cccs1. The Morgan fingerprint density at radius 3 is 2.91 bits per heavy atom. The summed E-state index contributed by atoms with van der Waals surface area (Å²) in [6.45, 7) is -0.202. The highest BCUT2D eigenvalue weighted by molar-refractivity contribution is 7.12. The van der Waals surface area contributed by atoms with Crippen LogP contribution in [0.5, 0.6) is 0 Å². The molecule has 3 heterocycles. The Morgan fingerprint density at radius 2 is 2.13 bits per heavy atom. The van der Waals surface area contributed by atoms with Crippen molar-refractivity contribution in [2.24, 2.45) is 0 Å². The second kappa shape index (κ2) is 5.28. The summed E-state index contributed by atoms with van der Waals surface area (Å²) < 4.78 is 0. The first-order valence-electron chi connectivity index (χ1n) is 7.39. The number of imide groups is 1. The molecule has 2 aromatic heterocycles. The summed E-state index contributed by atoms with van der Waals surface area (Å²) in [4.78, 5) is 40.3. The van der Waals surface area contributed by atoms with Crippen molar-refractivity contribution in [2.75, 3.05) is 6.54 Å². The third kappa shape index (κ3) is 2.14. The van der Waals surface area contributed by atoms with Gasteiger partial charge in [0.25, 0.3) is 5.91 Å². The zero-order valence-electron chi connectivity index (χ0n) is 12.2. The van der Waals surface area contributed by atoms with Crippen molar-refractivity contribution in [3.8, 4) is 0 Å². The Hall–Kier alpha value is -1.99. The van der Waals surface area contributed by atoms with E-state index in [1.54, 1.807) is 28.8 Å². The minimum Gasteiger partial charge on any atom is -0.319 e. The number of thiophene rings is 2. The summed E-state index contributed by atoms with van der Waals surface area (Å²) >= 11 is 2.93. The number of amides is 3. The van der Waals surface area contributed by atoms with Crippen LogP contribution < -0.4 is 5.32 Å². The minimum atomic E-state index is -0.972. The number of aryl methyl sites for hydroxylation is 1. The molecule has 5 nitrogen and oxygen atoms in total. The molecule has 0 aromatic carbocycles. The zero-order chi connectivity index (χ0) is 16.0. The quantitative estimate of drug-likeness (QED) is 0.686. The molecular formula is C16H14N2O3S2. The molecule has 1 spiro atoms. The molecule has 4 rings (SSSR count). The molecule has 2 aromatic rings. The van der Waals surface area contributed by atoms with Gasteiger partial charge >= 0.3 is 6.03 Å². The van der Waals surface area contributed by atoms with Crippen LogP contribution in [0.4, 0.5) is 4.79 Å². The molecule has 0 unspecified atom stereocenters. The highest BCUT2D eigenvalue weighted by atomic mass is 32.1. The van der Waals surface area contributed by atoms with Crippen LogP contribution in [-0.4, -0.2) is 29.2 Å². The third-order valence-electron chi connectivity index (χ3n) is 4.43. The van der Waals surface area contributed by atoms with Gasteiger partial charge in [-0.25, -0.2) is 4.79 Å². The van der Waals surface area contributed by atoms with Crippen molar-refractivity contribution in [3.63, 3.8) is 0 Å².